The summed E-state index contributed by atoms with van der Waals surface area (Å²) >= 11 is 0. The molecule has 1 atom stereocenters. The number of sulfone groups is 2. The Bertz CT molecular complexity index is 1170. The number of rotatable bonds is 5. The van der Waals surface area contributed by atoms with Crippen molar-refractivity contribution >= 4 is 37.2 Å². The van der Waals surface area contributed by atoms with Gasteiger partial charge < -0.3 is 10.1 Å². The van der Waals surface area contributed by atoms with Crippen LogP contribution in [-0.4, -0.2) is 52.6 Å². The normalized spacial score (nSPS) is 18.2. The molecule has 2 aromatic rings. The van der Waals surface area contributed by atoms with Crippen molar-refractivity contribution in [1.82, 2.24) is 0 Å². The van der Waals surface area contributed by atoms with Crippen LogP contribution < -0.4 is 5.32 Å². The van der Waals surface area contributed by atoms with Crippen LogP contribution >= 0.6 is 0 Å². The summed E-state index contributed by atoms with van der Waals surface area (Å²) in [6.45, 7) is 0. The van der Waals surface area contributed by atoms with Crippen LogP contribution in [0.3, 0.4) is 0 Å². The van der Waals surface area contributed by atoms with Gasteiger partial charge in [0.05, 0.1) is 34.3 Å². The van der Waals surface area contributed by atoms with Gasteiger partial charge in [-0.25, -0.2) is 21.6 Å². The first kappa shape index (κ1) is 21.0. The summed E-state index contributed by atoms with van der Waals surface area (Å²) in [5, 5.41) is 1.59. The molecule has 1 aliphatic heterocycles. The molecular weight excluding hydrogens is 418 g/mol. The largest absolute Gasteiger partial charge is 0.465 e. The van der Waals surface area contributed by atoms with Gasteiger partial charge in [-0.15, -0.1) is 0 Å². The van der Waals surface area contributed by atoms with Gasteiger partial charge >= 0.3 is 5.97 Å². The average molecular weight is 437 g/mol. The Morgan fingerprint density at radius 2 is 1.76 bits per heavy atom. The molecule has 1 aliphatic rings. The highest BCUT2D eigenvalue weighted by molar-refractivity contribution is 7.96. The predicted octanol–water partition coefficient (Wildman–Crippen LogP) is 1.69. The molecule has 0 aromatic heterocycles. The molecule has 1 saturated heterocycles. The van der Waals surface area contributed by atoms with Crippen molar-refractivity contribution in [3.05, 3.63) is 59.7 Å². The number of anilines is 1. The third-order valence-corrected chi connectivity index (χ3v) is 8.77. The van der Waals surface area contributed by atoms with Crippen LogP contribution in [0.4, 0.5) is 5.69 Å². The van der Waals surface area contributed by atoms with Crippen molar-refractivity contribution in [3.8, 4) is 0 Å². The first-order valence-electron chi connectivity index (χ1n) is 8.66. The molecule has 1 fully saturated rings. The Balaban J connectivity index is 1.82. The maximum Gasteiger partial charge on any atom is 0.337 e. The fraction of sp³-hybridized carbons (Fsp3) is 0.263. The average Bonchev–Trinajstić information content (AvgIpc) is 3.08. The highest BCUT2D eigenvalue weighted by atomic mass is 32.2. The molecule has 10 heteroatoms. The van der Waals surface area contributed by atoms with Crippen LogP contribution in [0.1, 0.15) is 27.1 Å². The molecule has 0 spiro atoms. The highest BCUT2D eigenvalue weighted by Gasteiger charge is 2.38. The first-order valence-corrected chi connectivity index (χ1v) is 12.0. The van der Waals surface area contributed by atoms with Gasteiger partial charge in [-0.1, -0.05) is 12.1 Å². The number of carbonyl (C=O) groups excluding carboxylic acids is 2. The lowest BCUT2D eigenvalue weighted by Crippen LogP contribution is -2.23. The molecule has 0 radical (unpaired) electrons. The molecule has 0 bridgehead atoms. The lowest BCUT2D eigenvalue weighted by Gasteiger charge is -2.12. The zero-order valence-corrected chi connectivity index (χ0v) is 17.1. The number of hydrogen-bond acceptors (Lipinski definition) is 7. The van der Waals surface area contributed by atoms with Gasteiger partial charge in [-0.3, -0.25) is 4.79 Å². The van der Waals surface area contributed by atoms with E-state index in [0.717, 1.165) is 0 Å². The quantitative estimate of drug-likeness (QED) is 0.706. The molecule has 0 saturated carbocycles. The fourth-order valence-electron chi connectivity index (χ4n) is 3.06. The highest BCUT2D eigenvalue weighted by Crippen LogP contribution is 2.26. The second kappa shape index (κ2) is 7.96. The van der Waals surface area contributed by atoms with Gasteiger partial charge in [0, 0.05) is 11.3 Å². The molecule has 2 aromatic carbocycles. The van der Waals surface area contributed by atoms with Crippen molar-refractivity contribution in [2.24, 2.45) is 0 Å². The monoisotopic (exact) mass is 437 g/mol. The molecule has 154 valence electrons. The molecule has 29 heavy (non-hydrogen) atoms. The van der Waals surface area contributed by atoms with Crippen molar-refractivity contribution in [2.45, 2.75) is 16.6 Å². The van der Waals surface area contributed by atoms with Gasteiger partial charge in [0.25, 0.3) is 5.91 Å². The van der Waals surface area contributed by atoms with Crippen molar-refractivity contribution in [3.63, 3.8) is 0 Å². The first-order chi connectivity index (χ1) is 13.6. The van der Waals surface area contributed by atoms with Gasteiger partial charge in [-0.05, 0) is 42.8 Å². The number of nitrogens with one attached hydrogen (secondary N) is 1. The second-order valence-electron chi connectivity index (χ2n) is 6.62. The number of hydrogen-bond donors (Lipinski definition) is 1. The number of esters is 1. The zero-order chi connectivity index (χ0) is 21.2. The predicted molar refractivity (Wildman–Crippen MR) is 106 cm³/mol. The molecule has 1 heterocycles. The molecule has 8 nitrogen and oxygen atoms in total. The molecule has 3 rings (SSSR count). The van der Waals surface area contributed by atoms with Gasteiger partial charge in [-0.2, -0.15) is 0 Å². The van der Waals surface area contributed by atoms with Gasteiger partial charge in [0.15, 0.2) is 19.7 Å². The van der Waals surface area contributed by atoms with Crippen LogP contribution in [0.5, 0.6) is 0 Å². The van der Waals surface area contributed by atoms with E-state index in [9.17, 15) is 26.4 Å². The zero-order valence-electron chi connectivity index (χ0n) is 15.5. The summed E-state index contributed by atoms with van der Waals surface area (Å²) in [5.41, 5.74) is 0.688. The summed E-state index contributed by atoms with van der Waals surface area (Å²) in [4.78, 5) is 24.1. The van der Waals surface area contributed by atoms with Crippen LogP contribution in [-0.2, 0) is 24.4 Å². The number of ether oxygens (including phenoxy) is 1. The number of amides is 1. The Morgan fingerprint density at radius 3 is 2.41 bits per heavy atom. The van der Waals surface area contributed by atoms with Crippen LogP contribution in [0.2, 0.25) is 0 Å². The van der Waals surface area contributed by atoms with E-state index in [-0.39, 0.29) is 28.2 Å². The van der Waals surface area contributed by atoms with E-state index in [1.54, 1.807) is 12.1 Å². The minimum atomic E-state index is -3.88. The molecule has 0 aliphatic carbocycles. The Hall–Kier alpha value is -2.72. The van der Waals surface area contributed by atoms with E-state index < -0.39 is 42.6 Å². The summed E-state index contributed by atoms with van der Waals surface area (Å²) in [6.07, 6.45) is 0.0431. The number of methoxy groups -OCH3 is 1. The van der Waals surface area contributed by atoms with Crippen LogP contribution in [0.15, 0.2) is 53.4 Å². The molecule has 1 amide bonds. The summed E-state index contributed by atoms with van der Waals surface area (Å²) in [5.74, 6) is -1.69. The second-order valence-corrected chi connectivity index (χ2v) is 11.1. The summed E-state index contributed by atoms with van der Waals surface area (Å²) in [7, 11) is -6.00. The van der Waals surface area contributed by atoms with E-state index in [1.807, 2.05) is 0 Å². The number of carbonyl (C=O) groups is 2. The Labute approximate surface area is 168 Å². The number of benzene rings is 2. The molecule has 1 unspecified atom stereocenters. The van der Waals surface area contributed by atoms with E-state index in [1.165, 1.54) is 43.5 Å². The smallest absolute Gasteiger partial charge is 0.337 e. The molecule has 1 N–H and O–H groups in total. The van der Waals surface area contributed by atoms with E-state index in [0.29, 0.717) is 5.69 Å². The third-order valence-electron chi connectivity index (χ3n) is 4.60. The minimum absolute atomic E-state index is 0.0431. The maximum atomic E-state index is 12.8. The van der Waals surface area contributed by atoms with Crippen molar-refractivity contribution in [2.75, 3.05) is 23.9 Å². The lowest BCUT2D eigenvalue weighted by molar-refractivity contribution is 0.0600. The maximum absolute atomic E-state index is 12.8. The Kier molecular flexibility index (Phi) is 5.76. The SMILES string of the molecule is COC(=O)c1cccc(NC(=O)c2cccc(S(=O)(=O)C3CCS(=O)(=O)C3)c2)c1. The minimum Gasteiger partial charge on any atom is -0.465 e. The van der Waals surface area contributed by atoms with Gasteiger partial charge in [0.2, 0.25) is 0 Å². The van der Waals surface area contributed by atoms with Crippen LogP contribution in [0.25, 0.3) is 0 Å². The topological polar surface area (TPSA) is 124 Å². The van der Waals surface area contributed by atoms with Crippen molar-refractivity contribution < 1.29 is 31.2 Å². The third kappa shape index (κ3) is 4.65. The van der Waals surface area contributed by atoms with E-state index in [4.69, 9.17) is 0 Å². The van der Waals surface area contributed by atoms with Crippen molar-refractivity contribution in [1.29, 1.82) is 0 Å². The van der Waals surface area contributed by atoms with E-state index >= 15 is 0 Å². The summed E-state index contributed by atoms with van der Waals surface area (Å²) < 4.78 is 53.4. The lowest BCUT2D eigenvalue weighted by atomic mass is 10.1. The van der Waals surface area contributed by atoms with Gasteiger partial charge in [0.1, 0.15) is 0 Å². The fourth-order valence-corrected chi connectivity index (χ4v) is 7.46. The standard InChI is InChI=1S/C19H19NO7S2/c1-27-19(22)14-5-2-6-15(10-14)20-18(21)13-4-3-7-16(11-13)29(25,26)17-8-9-28(23,24)12-17/h2-7,10-11,17H,8-9,12H2,1H3,(H,20,21). The van der Waals surface area contributed by atoms with Crippen LogP contribution in [0, 0.1) is 0 Å². The van der Waals surface area contributed by atoms with E-state index in [2.05, 4.69) is 10.1 Å². The summed E-state index contributed by atoms with van der Waals surface area (Å²) in [6, 6.07) is 11.6. The molecular formula is C19H19NO7S2. The Morgan fingerprint density at radius 1 is 1.07 bits per heavy atom.